The van der Waals surface area contributed by atoms with Crippen molar-refractivity contribution in [2.75, 3.05) is 12.4 Å². The van der Waals surface area contributed by atoms with Gasteiger partial charge in [-0.3, -0.25) is 19.7 Å². The first kappa shape index (κ1) is 17.9. The average molecular weight is 343 g/mol. The number of hydrogen-bond donors (Lipinski definition) is 2. The molecule has 0 saturated heterocycles. The predicted molar refractivity (Wildman–Crippen MR) is 91.6 cm³/mol. The molecule has 1 atom stereocenters. The van der Waals surface area contributed by atoms with Gasteiger partial charge in [-0.05, 0) is 43.3 Å². The zero-order chi connectivity index (χ0) is 18.4. The first-order valence-corrected chi connectivity index (χ1v) is 7.45. The van der Waals surface area contributed by atoms with Gasteiger partial charge in [0, 0.05) is 30.4 Å². The molecule has 0 heterocycles. The van der Waals surface area contributed by atoms with E-state index < -0.39 is 11.0 Å². The van der Waals surface area contributed by atoms with Crippen LogP contribution in [0.15, 0.2) is 48.5 Å². The lowest BCUT2D eigenvalue weighted by molar-refractivity contribution is -0.384. The topological polar surface area (TPSA) is 111 Å². The van der Waals surface area contributed by atoms with Crippen molar-refractivity contribution in [2.24, 2.45) is 0 Å². The first-order valence-electron chi connectivity index (χ1n) is 7.45. The predicted octanol–water partition coefficient (Wildman–Crippen LogP) is 2.36. The van der Waals surface area contributed by atoms with E-state index in [1.54, 1.807) is 31.2 Å². The Morgan fingerprint density at radius 3 is 2.20 bits per heavy atom. The summed E-state index contributed by atoms with van der Waals surface area (Å²) in [6.07, 6.45) is -0.805. The Kier molecular flexibility index (Phi) is 5.67. The van der Waals surface area contributed by atoms with Crippen LogP contribution in [0.4, 0.5) is 11.4 Å². The van der Waals surface area contributed by atoms with E-state index in [9.17, 15) is 19.7 Å². The van der Waals surface area contributed by atoms with Crippen LogP contribution in [0, 0.1) is 10.1 Å². The van der Waals surface area contributed by atoms with Crippen LogP contribution in [0.25, 0.3) is 0 Å². The number of anilines is 1. The highest BCUT2D eigenvalue weighted by Gasteiger charge is 2.16. The molecule has 2 N–H and O–H groups in total. The van der Waals surface area contributed by atoms with Crippen LogP contribution in [0.3, 0.4) is 0 Å². The molecule has 8 nitrogen and oxygen atoms in total. The Morgan fingerprint density at radius 1 is 1.08 bits per heavy atom. The molecule has 0 aromatic heterocycles. The summed E-state index contributed by atoms with van der Waals surface area (Å²) >= 11 is 0. The second kappa shape index (κ2) is 7.91. The van der Waals surface area contributed by atoms with E-state index in [1.165, 1.54) is 31.3 Å². The molecule has 0 aliphatic rings. The van der Waals surface area contributed by atoms with Crippen molar-refractivity contribution in [3.05, 3.63) is 64.2 Å². The highest BCUT2D eigenvalue weighted by molar-refractivity contribution is 5.96. The van der Waals surface area contributed by atoms with E-state index in [1.807, 2.05) is 0 Å². The van der Waals surface area contributed by atoms with Crippen LogP contribution in [-0.2, 0) is 4.79 Å². The van der Waals surface area contributed by atoms with Gasteiger partial charge in [-0.25, -0.2) is 0 Å². The normalized spacial score (nSPS) is 11.3. The second-order valence-electron chi connectivity index (χ2n) is 5.16. The van der Waals surface area contributed by atoms with Gasteiger partial charge >= 0.3 is 0 Å². The van der Waals surface area contributed by atoms with Crippen LogP contribution < -0.4 is 15.4 Å². The average Bonchev–Trinajstić information content (AvgIpc) is 2.62. The summed E-state index contributed by atoms with van der Waals surface area (Å²) in [5.74, 6) is -0.248. The van der Waals surface area contributed by atoms with Gasteiger partial charge in [0.25, 0.3) is 17.5 Å². The van der Waals surface area contributed by atoms with Crippen LogP contribution in [-0.4, -0.2) is 29.9 Å². The minimum atomic E-state index is -0.805. The number of carbonyl (C=O) groups excluding carboxylic acids is 2. The molecule has 2 rings (SSSR count). The van der Waals surface area contributed by atoms with Gasteiger partial charge in [-0.1, -0.05) is 0 Å². The molecule has 0 saturated carbocycles. The molecular formula is C17H17N3O5. The highest BCUT2D eigenvalue weighted by Crippen LogP contribution is 2.19. The SMILES string of the molecule is CNC(=O)c1ccc(NC(=O)C(C)Oc2ccc([N+](=O)[O-])cc2)cc1. The summed E-state index contributed by atoms with van der Waals surface area (Å²) in [7, 11) is 1.54. The van der Waals surface area contributed by atoms with E-state index in [4.69, 9.17) is 4.74 Å². The van der Waals surface area contributed by atoms with Crippen molar-refractivity contribution >= 4 is 23.2 Å². The smallest absolute Gasteiger partial charge is 0.269 e. The van der Waals surface area contributed by atoms with Gasteiger partial charge in [0.15, 0.2) is 6.10 Å². The summed E-state index contributed by atoms with van der Waals surface area (Å²) in [5.41, 5.74) is 0.952. The number of hydrogen-bond acceptors (Lipinski definition) is 5. The molecule has 0 spiro atoms. The third kappa shape index (κ3) is 4.77. The van der Waals surface area contributed by atoms with Crippen LogP contribution in [0.1, 0.15) is 17.3 Å². The number of benzene rings is 2. The Bertz CT molecular complexity index is 772. The molecule has 0 fully saturated rings. The van der Waals surface area contributed by atoms with Gasteiger partial charge in [-0.15, -0.1) is 0 Å². The van der Waals surface area contributed by atoms with Gasteiger partial charge < -0.3 is 15.4 Å². The van der Waals surface area contributed by atoms with E-state index in [2.05, 4.69) is 10.6 Å². The number of nitrogens with zero attached hydrogens (tertiary/aromatic N) is 1. The fourth-order valence-corrected chi connectivity index (χ4v) is 2.00. The Hall–Kier alpha value is -3.42. The Balaban J connectivity index is 1.95. The summed E-state index contributed by atoms with van der Waals surface area (Å²) < 4.78 is 5.46. The van der Waals surface area contributed by atoms with Crippen LogP contribution >= 0.6 is 0 Å². The van der Waals surface area contributed by atoms with E-state index in [0.717, 1.165) is 0 Å². The molecule has 1 unspecified atom stereocenters. The van der Waals surface area contributed by atoms with Crippen molar-refractivity contribution in [3.8, 4) is 5.75 Å². The molecule has 2 amide bonds. The largest absolute Gasteiger partial charge is 0.481 e. The number of ether oxygens (including phenoxy) is 1. The molecule has 2 aromatic rings. The molecule has 0 aliphatic carbocycles. The fourth-order valence-electron chi connectivity index (χ4n) is 2.00. The summed E-state index contributed by atoms with van der Waals surface area (Å²) in [5, 5.41) is 15.8. The standard InChI is InChI=1S/C17H17N3O5/c1-11(25-15-9-7-14(8-10-15)20(23)24)16(21)19-13-5-3-12(4-6-13)17(22)18-2/h3-11H,1-2H3,(H,18,22)(H,19,21). The number of nitrogens with one attached hydrogen (secondary N) is 2. The zero-order valence-electron chi connectivity index (χ0n) is 13.7. The minimum absolute atomic E-state index is 0.0549. The molecule has 0 aliphatic heterocycles. The number of nitro benzene ring substituents is 1. The summed E-state index contributed by atoms with van der Waals surface area (Å²) in [4.78, 5) is 33.7. The third-order valence-electron chi connectivity index (χ3n) is 3.37. The Labute approximate surface area is 144 Å². The number of amides is 2. The van der Waals surface area contributed by atoms with Gasteiger partial charge in [0.05, 0.1) is 4.92 Å². The highest BCUT2D eigenvalue weighted by atomic mass is 16.6. The van der Waals surface area contributed by atoms with E-state index in [-0.39, 0.29) is 17.5 Å². The molecule has 130 valence electrons. The van der Waals surface area contributed by atoms with Crippen molar-refractivity contribution in [3.63, 3.8) is 0 Å². The zero-order valence-corrected chi connectivity index (χ0v) is 13.7. The lowest BCUT2D eigenvalue weighted by Crippen LogP contribution is -2.30. The Morgan fingerprint density at radius 2 is 1.68 bits per heavy atom. The maximum absolute atomic E-state index is 12.1. The quantitative estimate of drug-likeness (QED) is 0.618. The molecule has 25 heavy (non-hydrogen) atoms. The monoisotopic (exact) mass is 343 g/mol. The summed E-state index contributed by atoms with van der Waals surface area (Å²) in [6, 6.07) is 11.9. The van der Waals surface area contributed by atoms with Crippen molar-refractivity contribution in [1.29, 1.82) is 0 Å². The minimum Gasteiger partial charge on any atom is -0.481 e. The first-order chi connectivity index (χ1) is 11.9. The van der Waals surface area contributed by atoms with E-state index in [0.29, 0.717) is 17.0 Å². The number of carbonyl (C=O) groups is 2. The number of non-ortho nitro benzene ring substituents is 1. The van der Waals surface area contributed by atoms with Crippen molar-refractivity contribution in [2.45, 2.75) is 13.0 Å². The van der Waals surface area contributed by atoms with Gasteiger partial charge in [0.2, 0.25) is 0 Å². The van der Waals surface area contributed by atoms with Crippen molar-refractivity contribution < 1.29 is 19.2 Å². The maximum atomic E-state index is 12.1. The molecular weight excluding hydrogens is 326 g/mol. The van der Waals surface area contributed by atoms with Gasteiger partial charge in [0.1, 0.15) is 5.75 Å². The lowest BCUT2D eigenvalue weighted by Gasteiger charge is -2.14. The van der Waals surface area contributed by atoms with Crippen LogP contribution in [0.2, 0.25) is 0 Å². The van der Waals surface area contributed by atoms with E-state index >= 15 is 0 Å². The van der Waals surface area contributed by atoms with Crippen molar-refractivity contribution in [1.82, 2.24) is 5.32 Å². The fraction of sp³-hybridized carbons (Fsp3) is 0.176. The maximum Gasteiger partial charge on any atom is 0.269 e. The third-order valence-corrected chi connectivity index (χ3v) is 3.37. The van der Waals surface area contributed by atoms with Gasteiger partial charge in [-0.2, -0.15) is 0 Å². The number of rotatable bonds is 6. The molecule has 8 heteroatoms. The lowest BCUT2D eigenvalue weighted by atomic mass is 10.2. The van der Waals surface area contributed by atoms with Crippen LogP contribution in [0.5, 0.6) is 5.75 Å². The molecule has 0 bridgehead atoms. The second-order valence-corrected chi connectivity index (χ2v) is 5.16. The molecule has 2 aromatic carbocycles. The molecule has 0 radical (unpaired) electrons. The summed E-state index contributed by atoms with van der Waals surface area (Å²) in [6.45, 7) is 1.57. The number of nitro groups is 1.